The average Bonchev–Trinajstić information content (AvgIpc) is 3.02. The molecule has 0 heterocycles. The van der Waals surface area contributed by atoms with Crippen LogP contribution in [0, 0.1) is 0 Å². The lowest BCUT2D eigenvalue weighted by Gasteiger charge is -2.07. The van der Waals surface area contributed by atoms with Crippen LogP contribution in [0.2, 0.25) is 0 Å². The fourth-order valence-electron chi connectivity index (χ4n) is 3.77. The molecule has 5 aromatic carbocycles. The number of phenols is 3. The van der Waals surface area contributed by atoms with Gasteiger partial charge in [-0.3, -0.25) is 14.8 Å². The van der Waals surface area contributed by atoms with Crippen LogP contribution in [0.3, 0.4) is 0 Å². The monoisotopic (exact) mass is 587 g/mol. The Morgan fingerprint density at radius 1 is 0.614 bits per heavy atom. The van der Waals surface area contributed by atoms with Crippen molar-refractivity contribution in [1.82, 2.24) is 0 Å². The fraction of sp³-hybridized carbons (Fsp3) is 0.0286. The van der Waals surface area contributed by atoms with Crippen molar-refractivity contribution < 1.29 is 29.6 Å². The third kappa shape index (κ3) is 8.89. The second kappa shape index (κ2) is 15.1. The molecular formula is C35H29N3O6. The number of esters is 1. The standard InChI is InChI=1S/C20H16N2O2.C15H13NO4/c23-19-11-5-1-7-15(19)13-21-17-9-3-4-10-18(17)22-14-16-8-2-6-12-20(16)24;1-10(17)16-11-6-8-12(9-7-11)20-15(19)13-4-2-3-5-14(13)18/h1-14,23-24H;2-9,18H,1H3,(H,16,17). The van der Waals surface area contributed by atoms with Gasteiger partial charge < -0.3 is 25.4 Å². The molecular weight excluding hydrogens is 558 g/mol. The predicted octanol–water partition coefficient (Wildman–Crippen LogP) is 7.17. The summed E-state index contributed by atoms with van der Waals surface area (Å²) in [7, 11) is 0. The van der Waals surface area contributed by atoms with Crippen LogP contribution in [0.4, 0.5) is 17.1 Å². The number of amides is 1. The highest BCUT2D eigenvalue weighted by atomic mass is 16.5. The van der Waals surface area contributed by atoms with Crippen LogP contribution in [-0.2, 0) is 4.79 Å². The number of nitrogens with zero attached hydrogens (tertiary/aromatic N) is 2. The van der Waals surface area contributed by atoms with Gasteiger partial charge in [-0.15, -0.1) is 0 Å². The predicted molar refractivity (Wildman–Crippen MR) is 171 cm³/mol. The highest BCUT2D eigenvalue weighted by Crippen LogP contribution is 2.28. The third-order valence-corrected chi connectivity index (χ3v) is 5.95. The number of nitrogens with one attached hydrogen (secondary N) is 1. The molecule has 0 spiro atoms. The molecule has 220 valence electrons. The molecule has 1 amide bonds. The first-order chi connectivity index (χ1) is 21.3. The SMILES string of the molecule is CC(=O)Nc1ccc(OC(=O)c2ccccc2O)cc1.Oc1ccccc1C=Nc1ccccc1N=Cc1ccccc1O. The summed E-state index contributed by atoms with van der Waals surface area (Å²) in [5.74, 6) is -0.271. The number of phenolic OH excluding ortho intramolecular Hbond substituents is 3. The van der Waals surface area contributed by atoms with Gasteiger partial charge in [0.1, 0.15) is 28.6 Å². The second-order valence-corrected chi connectivity index (χ2v) is 9.23. The van der Waals surface area contributed by atoms with E-state index < -0.39 is 5.97 Å². The van der Waals surface area contributed by atoms with Crippen LogP contribution in [-0.4, -0.2) is 39.6 Å². The molecule has 5 rings (SSSR count). The first kappa shape index (κ1) is 30.7. The largest absolute Gasteiger partial charge is 0.507 e. The van der Waals surface area contributed by atoms with Gasteiger partial charge in [0, 0.05) is 36.2 Å². The lowest BCUT2D eigenvalue weighted by atomic mass is 10.2. The van der Waals surface area contributed by atoms with E-state index in [1.807, 2.05) is 36.4 Å². The summed E-state index contributed by atoms with van der Waals surface area (Å²) in [6.45, 7) is 1.41. The van der Waals surface area contributed by atoms with Crippen molar-refractivity contribution in [1.29, 1.82) is 0 Å². The number of carbonyl (C=O) groups is 2. The fourth-order valence-corrected chi connectivity index (χ4v) is 3.77. The van der Waals surface area contributed by atoms with Gasteiger partial charge in [0.05, 0.1) is 11.4 Å². The van der Waals surface area contributed by atoms with Crippen molar-refractivity contribution >= 4 is 41.4 Å². The van der Waals surface area contributed by atoms with Gasteiger partial charge in [-0.2, -0.15) is 0 Å². The van der Waals surface area contributed by atoms with Crippen molar-refractivity contribution in [2.75, 3.05) is 5.32 Å². The molecule has 0 aliphatic carbocycles. The molecule has 5 aromatic rings. The van der Waals surface area contributed by atoms with Gasteiger partial charge >= 0.3 is 5.97 Å². The number of hydrogen-bond acceptors (Lipinski definition) is 8. The van der Waals surface area contributed by atoms with Crippen LogP contribution in [0.15, 0.2) is 131 Å². The third-order valence-electron chi connectivity index (χ3n) is 5.95. The normalized spacial score (nSPS) is 10.7. The first-order valence-electron chi connectivity index (χ1n) is 13.4. The van der Waals surface area contributed by atoms with E-state index in [4.69, 9.17) is 4.74 Å². The average molecular weight is 588 g/mol. The molecule has 0 atom stereocenters. The molecule has 0 aliphatic rings. The molecule has 0 fully saturated rings. The highest BCUT2D eigenvalue weighted by Gasteiger charge is 2.12. The Kier molecular flexibility index (Phi) is 10.6. The molecule has 9 nitrogen and oxygen atoms in total. The van der Waals surface area contributed by atoms with Crippen molar-refractivity contribution in [3.8, 4) is 23.0 Å². The summed E-state index contributed by atoms with van der Waals surface area (Å²) in [4.78, 5) is 31.5. The van der Waals surface area contributed by atoms with Gasteiger partial charge in [0.15, 0.2) is 0 Å². The van der Waals surface area contributed by atoms with Crippen LogP contribution >= 0.6 is 0 Å². The molecule has 44 heavy (non-hydrogen) atoms. The Morgan fingerprint density at radius 3 is 1.55 bits per heavy atom. The van der Waals surface area contributed by atoms with Crippen LogP contribution in [0.25, 0.3) is 0 Å². The van der Waals surface area contributed by atoms with Gasteiger partial charge in [0.25, 0.3) is 0 Å². The molecule has 0 aromatic heterocycles. The maximum atomic E-state index is 11.8. The molecule has 0 saturated heterocycles. The lowest BCUT2D eigenvalue weighted by Crippen LogP contribution is -2.09. The second-order valence-electron chi connectivity index (χ2n) is 9.23. The van der Waals surface area contributed by atoms with Crippen LogP contribution in [0.5, 0.6) is 23.0 Å². The maximum Gasteiger partial charge on any atom is 0.347 e. The number of aromatic hydroxyl groups is 3. The minimum atomic E-state index is -0.643. The number of aliphatic imine (C=N–C) groups is 2. The zero-order chi connectivity index (χ0) is 31.3. The number of benzene rings is 5. The molecule has 0 radical (unpaired) electrons. The smallest absolute Gasteiger partial charge is 0.347 e. The summed E-state index contributed by atoms with van der Waals surface area (Å²) in [6, 6.07) is 33.9. The molecule has 9 heteroatoms. The van der Waals surface area contributed by atoms with Gasteiger partial charge in [-0.1, -0.05) is 48.5 Å². The molecule has 0 unspecified atom stereocenters. The summed E-state index contributed by atoms with van der Waals surface area (Å²) in [5.41, 5.74) is 3.33. The van der Waals surface area contributed by atoms with Gasteiger partial charge in [-0.25, -0.2) is 4.79 Å². The number of hydrogen-bond donors (Lipinski definition) is 4. The van der Waals surface area contributed by atoms with E-state index in [2.05, 4.69) is 15.3 Å². The van der Waals surface area contributed by atoms with E-state index in [0.717, 1.165) is 0 Å². The first-order valence-corrected chi connectivity index (χ1v) is 13.4. The van der Waals surface area contributed by atoms with Crippen molar-refractivity contribution in [3.05, 3.63) is 138 Å². The Hall–Kier alpha value is -6.22. The van der Waals surface area contributed by atoms with E-state index >= 15 is 0 Å². The van der Waals surface area contributed by atoms with Crippen molar-refractivity contribution in [2.45, 2.75) is 6.92 Å². The Morgan fingerprint density at radius 2 is 1.07 bits per heavy atom. The van der Waals surface area contributed by atoms with Gasteiger partial charge in [-0.05, 0) is 72.8 Å². The minimum Gasteiger partial charge on any atom is -0.507 e. The van der Waals surface area contributed by atoms with E-state index in [1.54, 1.807) is 85.2 Å². The minimum absolute atomic E-state index is 0.0958. The maximum absolute atomic E-state index is 11.8. The summed E-state index contributed by atoms with van der Waals surface area (Å²) in [6.07, 6.45) is 3.20. The number of carbonyl (C=O) groups excluding carboxylic acids is 2. The van der Waals surface area contributed by atoms with E-state index in [1.165, 1.54) is 19.1 Å². The van der Waals surface area contributed by atoms with Crippen molar-refractivity contribution in [2.24, 2.45) is 9.98 Å². The number of rotatable bonds is 7. The summed E-state index contributed by atoms with van der Waals surface area (Å²) in [5, 5.41) is 31.7. The Balaban J connectivity index is 0.000000204. The summed E-state index contributed by atoms with van der Waals surface area (Å²) < 4.78 is 5.13. The van der Waals surface area contributed by atoms with Gasteiger partial charge in [0.2, 0.25) is 5.91 Å². The number of anilines is 1. The Bertz CT molecular complexity index is 1720. The summed E-state index contributed by atoms with van der Waals surface area (Å²) >= 11 is 0. The van der Waals surface area contributed by atoms with E-state index in [-0.39, 0.29) is 28.7 Å². The van der Waals surface area contributed by atoms with E-state index in [9.17, 15) is 24.9 Å². The zero-order valence-electron chi connectivity index (χ0n) is 23.7. The number of ether oxygens (including phenoxy) is 1. The molecule has 0 bridgehead atoms. The topological polar surface area (TPSA) is 141 Å². The van der Waals surface area contributed by atoms with Crippen molar-refractivity contribution in [3.63, 3.8) is 0 Å². The van der Waals surface area contributed by atoms with E-state index in [0.29, 0.717) is 33.9 Å². The zero-order valence-corrected chi connectivity index (χ0v) is 23.7. The lowest BCUT2D eigenvalue weighted by molar-refractivity contribution is -0.114. The number of para-hydroxylation sites is 5. The molecule has 4 N–H and O–H groups in total. The van der Waals surface area contributed by atoms with Crippen LogP contribution in [0.1, 0.15) is 28.4 Å². The molecule has 0 saturated carbocycles. The quantitative estimate of drug-likeness (QED) is 0.0904. The Labute approximate surface area is 254 Å². The molecule has 0 aliphatic heterocycles. The highest BCUT2D eigenvalue weighted by molar-refractivity contribution is 5.94. The van der Waals surface area contributed by atoms with Crippen LogP contribution < -0.4 is 10.1 Å².